The molecule has 0 aliphatic rings. The molecule has 0 aliphatic heterocycles. The van der Waals surface area contributed by atoms with Crippen molar-refractivity contribution in [3.8, 4) is 0 Å². The molecule has 0 aromatic carbocycles. The van der Waals surface area contributed by atoms with E-state index in [2.05, 4.69) is 5.32 Å². The van der Waals surface area contributed by atoms with Gasteiger partial charge in [0, 0.05) is 14.2 Å². The Bertz CT molecular complexity index is 136. The highest BCUT2D eigenvalue weighted by molar-refractivity contribution is 5.81. The molecule has 3 nitrogen and oxygen atoms in total. The standard InChI is InChI=1S/C8H17NO2/c1-5-8(2,6-11-4)7(10)9-3/h5-6H2,1-4H3,(H,9,10). The van der Waals surface area contributed by atoms with E-state index < -0.39 is 0 Å². The van der Waals surface area contributed by atoms with Gasteiger partial charge < -0.3 is 10.1 Å². The van der Waals surface area contributed by atoms with Crippen molar-refractivity contribution in [2.24, 2.45) is 5.41 Å². The van der Waals surface area contributed by atoms with Gasteiger partial charge in [0.25, 0.3) is 0 Å². The number of hydrogen-bond donors (Lipinski definition) is 1. The molecule has 0 spiro atoms. The summed E-state index contributed by atoms with van der Waals surface area (Å²) in [7, 11) is 3.25. The SMILES string of the molecule is CCC(C)(COC)C(=O)NC. The largest absolute Gasteiger partial charge is 0.384 e. The fraction of sp³-hybridized carbons (Fsp3) is 0.875. The molecule has 3 heteroatoms. The summed E-state index contributed by atoms with van der Waals surface area (Å²) in [5, 5.41) is 2.62. The second-order valence-corrected chi connectivity index (χ2v) is 2.93. The lowest BCUT2D eigenvalue weighted by molar-refractivity contribution is -0.132. The van der Waals surface area contributed by atoms with Crippen LogP contribution in [0.5, 0.6) is 0 Å². The molecule has 0 fully saturated rings. The maximum absolute atomic E-state index is 11.3. The number of nitrogens with one attached hydrogen (secondary N) is 1. The molecular weight excluding hydrogens is 142 g/mol. The predicted octanol–water partition coefficient (Wildman–Crippen LogP) is 0.795. The lowest BCUT2D eigenvalue weighted by Crippen LogP contribution is -2.39. The maximum Gasteiger partial charge on any atom is 0.228 e. The van der Waals surface area contributed by atoms with Gasteiger partial charge in [-0.15, -0.1) is 0 Å². The number of carbonyl (C=O) groups excluding carboxylic acids is 1. The van der Waals surface area contributed by atoms with Gasteiger partial charge in [0.15, 0.2) is 0 Å². The van der Waals surface area contributed by atoms with Crippen molar-refractivity contribution in [3.63, 3.8) is 0 Å². The van der Waals surface area contributed by atoms with Crippen LogP contribution in [0.15, 0.2) is 0 Å². The van der Waals surface area contributed by atoms with Crippen molar-refractivity contribution in [1.82, 2.24) is 5.32 Å². The molecule has 0 saturated carbocycles. The summed E-state index contributed by atoms with van der Waals surface area (Å²) in [4.78, 5) is 11.3. The van der Waals surface area contributed by atoms with Crippen molar-refractivity contribution in [2.45, 2.75) is 20.3 Å². The van der Waals surface area contributed by atoms with Gasteiger partial charge in [-0.25, -0.2) is 0 Å². The van der Waals surface area contributed by atoms with E-state index in [0.717, 1.165) is 6.42 Å². The molecule has 1 N–H and O–H groups in total. The van der Waals surface area contributed by atoms with Crippen LogP contribution < -0.4 is 5.32 Å². The normalized spacial score (nSPS) is 15.6. The van der Waals surface area contributed by atoms with E-state index in [1.807, 2.05) is 13.8 Å². The number of carbonyl (C=O) groups is 1. The first-order chi connectivity index (χ1) is 5.10. The summed E-state index contributed by atoms with van der Waals surface area (Å²) in [6.45, 7) is 4.35. The third-order valence-corrected chi connectivity index (χ3v) is 2.02. The first kappa shape index (κ1) is 10.4. The third kappa shape index (κ3) is 2.50. The Morgan fingerprint density at radius 2 is 2.18 bits per heavy atom. The molecule has 0 aromatic rings. The van der Waals surface area contributed by atoms with Gasteiger partial charge >= 0.3 is 0 Å². The zero-order chi connectivity index (χ0) is 8.91. The Morgan fingerprint density at radius 3 is 2.45 bits per heavy atom. The smallest absolute Gasteiger partial charge is 0.228 e. The average Bonchev–Trinajstić information content (AvgIpc) is 2.03. The molecular formula is C8H17NO2. The summed E-state index contributed by atoms with van der Waals surface area (Å²) in [6, 6.07) is 0. The quantitative estimate of drug-likeness (QED) is 0.658. The van der Waals surface area contributed by atoms with Crippen LogP contribution in [0.2, 0.25) is 0 Å². The molecule has 1 amide bonds. The summed E-state index contributed by atoms with van der Waals surface area (Å²) in [5.41, 5.74) is -0.372. The highest BCUT2D eigenvalue weighted by Crippen LogP contribution is 2.20. The van der Waals surface area contributed by atoms with Gasteiger partial charge in [-0.2, -0.15) is 0 Å². The molecule has 0 rings (SSSR count). The van der Waals surface area contributed by atoms with Crippen LogP contribution >= 0.6 is 0 Å². The number of hydrogen-bond acceptors (Lipinski definition) is 2. The Morgan fingerprint density at radius 1 is 1.64 bits per heavy atom. The molecule has 11 heavy (non-hydrogen) atoms. The van der Waals surface area contributed by atoms with Crippen LogP contribution in [0.25, 0.3) is 0 Å². The first-order valence-electron chi connectivity index (χ1n) is 3.82. The van der Waals surface area contributed by atoms with E-state index in [1.165, 1.54) is 0 Å². The minimum atomic E-state index is -0.372. The Hall–Kier alpha value is -0.570. The Balaban J connectivity index is 4.19. The monoisotopic (exact) mass is 159 g/mol. The molecule has 0 saturated heterocycles. The number of methoxy groups -OCH3 is 1. The van der Waals surface area contributed by atoms with Gasteiger partial charge in [0.05, 0.1) is 12.0 Å². The molecule has 0 heterocycles. The third-order valence-electron chi connectivity index (χ3n) is 2.02. The van der Waals surface area contributed by atoms with E-state index in [1.54, 1.807) is 14.2 Å². The van der Waals surface area contributed by atoms with Crippen molar-refractivity contribution >= 4 is 5.91 Å². The van der Waals surface area contributed by atoms with Crippen LogP contribution in [0.1, 0.15) is 20.3 Å². The average molecular weight is 159 g/mol. The zero-order valence-electron chi connectivity index (χ0n) is 7.73. The second-order valence-electron chi connectivity index (χ2n) is 2.93. The van der Waals surface area contributed by atoms with Gasteiger partial charge in [-0.3, -0.25) is 4.79 Å². The number of ether oxygens (including phenoxy) is 1. The van der Waals surface area contributed by atoms with Gasteiger partial charge in [-0.05, 0) is 13.3 Å². The van der Waals surface area contributed by atoms with Crippen molar-refractivity contribution in [2.75, 3.05) is 20.8 Å². The van der Waals surface area contributed by atoms with Crippen LogP contribution in [0.4, 0.5) is 0 Å². The van der Waals surface area contributed by atoms with Crippen molar-refractivity contribution in [3.05, 3.63) is 0 Å². The fourth-order valence-electron chi connectivity index (χ4n) is 0.949. The number of amides is 1. The van der Waals surface area contributed by atoms with E-state index in [-0.39, 0.29) is 11.3 Å². The molecule has 0 aromatic heterocycles. The molecule has 1 atom stereocenters. The Labute approximate surface area is 68.1 Å². The van der Waals surface area contributed by atoms with E-state index >= 15 is 0 Å². The van der Waals surface area contributed by atoms with Crippen LogP contribution in [-0.4, -0.2) is 26.7 Å². The molecule has 66 valence electrons. The maximum atomic E-state index is 11.3. The van der Waals surface area contributed by atoms with Gasteiger partial charge in [0.2, 0.25) is 5.91 Å². The number of rotatable bonds is 4. The van der Waals surface area contributed by atoms with Crippen LogP contribution in [0.3, 0.4) is 0 Å². The first-order valence-corrected chi connectivity index (χ1v) is 3.82. The second kappa shape index (κ2) is 4.34. The molecule has 0 aliphatic carbocycles. The predicted molar refractivity (Wildman–Crippen MR) is 44.3 cm³/mol. The van der Waals surface area contributed by atoms with Crippen LogP contribution in [-0.2, 0) is 9.53 Å². The van der Waals surface area contributed by atoms with E-state index in [0.29, 0.717) is 6.61 Å². The van der Waals surface area contributed by atoms with Crippen molar-refractivity contribution < 1.29 is 9.53 Å². The van der Waals surface area contributed by atoms with Crippen LogP contribution in [0, 0.1) is 5.41 Å². The summed E-state index contributed by atoms with van der Waals surface area (Å²) >= 11 is 0. The molecule has 0 radical (unpaired) electrons. The zero-order valence-corrected chi connectivity index (χ0v) is 7.73. The van der Waals surface area contributed by atoms with Gasteiger partial charge in [-0.1, -0.05) is 6.92 Å². The highest BCUT2D eigenvalue weighted by atomic mass is 16.5. The fourth-order valence-corrected chi connectivity index (χ4v) is 0.949. The Kier molecular flexibility index (Phi) is 4.11. The molecule has 0 bridgehead atoms. The lowest BCUT2D eigenvalue weighted by atomic mass is 9.87. The topological polar surface area (TPSA) is 38.3 Å². The summed E-state index contributed by atoms with van der Waals surface area (Å²) in [5.74, 6) is 0.0434. The summed E-state index contributed by atoms with van der Waals surface area (Å²) < 4.78 is 4.96. The van der Waals surface area contributed by atoms with Gasteiger partial charge in [0.1, 0.15) is 0 Å². The lowest BCUT2D eigenvalue weighted by Gasteiger charge is -2.24. The van der Waals surface area contributed by atoms with Crippen molar-refractivity contribution in [1.29, 1.82) is 0 Å². The summed E-state index contributed by atoms with van der Waals surface area (Å²) in [6.07, 6.45) is 0.792. The minimum absolute atomic E-state index is 0.0434. The van der Waals surface area contributed by atoms with E-state index in [9.17, 15) is 4.79 Å². The minimum Gasteiger partial charge on any atom is -0.384 e. The molecule has 1 unspecified atom stereocenters. The highest BCUT2D eigenvalue weighted by Gasteiger charge is 2.29. The van der Waals surface area contributed by atoms with E-state index in [4.69, 9.17) is 4.74 Å².